The van der Waals surface area contributed by atoms with E-state index in [1.807, 2.05) is 50.5 Å². The molecule has 0 aliphatic heterocycles. The standard InChI is InChI=1S/C17H22N2O/c1-13(2)20-17-6-4-15(5-7-17)12-19-14(3)16-8-10-18-11-9-16/h4-11,13-14,19H,12H2,1-3H3/t14-/m0/s1. The quantitative estimate of drug-likeness (QED) is 0.868. The van der Waals surface area contributed by atoms with Crippen LogP contribution in [0, 0.1) is 0 Å². The molecule has 0 unspecified atom stereocenters. The number of rotatable bonds is 6. The molecule has 0 aliphatic carbocycles. The molecule has 0 aliphatic rings. The van der Waals surface area contributed by atoms with Gasteiger partial charge in [0.2, 0.25) is 0 Å². The van der Waals surface area contributed by atoms with Gasteiger partial charge < -0.3 is 10.1 Å². The minimum Gasteiger partial charge on any atom is -0.491 e. The average molecular weight is 270 g/mol. The highest BCUT2D eigenvalue weighted by Gasteiger charge is 2.04. The van der Waals surface area contributed by atoms with Gasteiger partial charge in [0.05, 0.1) is 6.10 Å². The van der Waals surface area contributed by atoms with Crippen LogP contribution in [-0.4, -0.2) is 11.1 Å². The fraction of sp³-hybridized carbons (Fsp3) is 0.353. The van der Waals surface area contributed by atoms with Crippen LogP contribution in [0.1, 0.15) is 37.9 Å². The highest BCUT2D eigenvalue weighted by molar-refractivity contribution is 5.27. The molecule has 0 amide bonds. The smallest absolute Gasteiger partial charge is 0.119 e. The van der Waals surface area contributed by atoms with Crippen molar-refractivity contribution in [1.82, 2.24) is 10.3 Å². The first-order valence-electron chi connectivity index (χ1n) is 7.04. The lowest BCUT2D eigenvalue weighted by Crippen LogP contribution is -2.18. The number of pyridine rings is 1. The molecule has 2 aromatic rings. The van der Waals surface area contributed by atoms with Crippen molar-refractivity contribution in [3.8, 4) is 5.75 Å². The summed E-state index contributed by atoms with van der Waals surface area (Å²) in [4.78, 5) is 4.04. The Bertz CT molecular complexity index is 508. The Balaban J connectivity index is 1.88. The van der Waals surface area contributed by atoms with Gasteiger partial charge in [0.1, 0.15) is 5.75 Å². The highest BCUT2D eigenvalue weighted by Crippen LogP contribution is 2.15. The van der Waals surface area contributed by atoms with Gasteiger partial charge in [-0.2, -0.15) is 0 Å². The fourth-order valence-corrected chi connectivity index (χ4v) is 2.00. The van der Waals surface area contributed by atoms with E-state index in [-0.39, 0.29) is 6.10 Å². The molecule has 1 heterocycles. The van der Waals surface area contributed by atoms with E-state index in [1.54, 1.807) is 0 Å². The molecule has 0 bridgehead atoms. The lowest BCUT2D eigenvalue weighted by molar-refractivity contribution is 0.242. The number of ether oxygens (including phenoxy) is 1. The van der Waals surface area contributed by atoms with Crippen LogP contribution in [0.15, 0.2) is 48.8 Å². The van der Waals surface area contributed by atoms with Gasteiger partial charge in [0.25, 0.3) is 0 Å². The topological polar surface area (TPSA) is 34.1 Å². The molecule has 0 fully saturated rings. The Labute approximate surface area is 121 Å². The van der Waals surface area contributed by atoms with E-state index in [2.05, 4.69) is 29.4 Å². The molecular weight excluding hydrogens is 248 g/mol. The molecule has 1 atom stereocenters. The normalized spacial score (nSPS) is 12.4. The Kier molecular flexibility index (Phi) is 5.13. The van der Waals surface area contributed by atoms with Gasteiger partial charge in [-0.15, -0.1) is 0 Å². The second-order valence-electron chi connectivity index (χ2n) is 5.19. The van der Waals surface area contributed by atoms with E-state index in [0.717, 1.165) is 12.3 Å². The van der Waals surface area contributed by atoms with E-state index < -0.39 is 0 Å². The molecule has 20 heavy (non-hydrogen) atoms. The number of hydrogen-bond acceptors (Lipinski definition) is 3. The zero-order chi connectivity index (χ0) is 14.4. The minimum atomic E-state index is 0.214. The van der Waals surface area contributed by atoms with E-state index in [1.165, 1.54) is 11.1 Å². The SMILES string of the molecule is CC(C)Oc1ccc(CN[C@@H](C)c2ccncc2)cc1. The van der Waals surface area contributed by atoms with Gasteiger partial charge in [0.15, 0.2) is 0 Å². The van der Waals surface area contributed by atoms with Crippen LogP contribution in [0.3, 0.4) is 0 Å². The van der Waals surface area contributed by atoms with E-state index in [0.29, 0.717) is 6.04 Å². The highest BCUT2D eigenvalue weighted by atomic mass is 16.5. The minimum absolute atomic E-state index is 0.214. The van der Waals surface area contributed by atoms with Crippen molar-refractivity contribution in [2.24, 2.45) is 0 Å². The van der Waals surface area contributed by atoms with Crippen LogP contribution in [0.5, 0.6) is 5.75 Å². The van der Waals surface area contributed by atoms with Crippen molar-refractivity contribution < 1.29 is 4.74 Å². The van der Waals surface area contributed by atoms with Crippen molar-refractivity contribution in [1.29, 1.82) is 0 Å². The second-order valence-corrected chi connectivity index (χ2v) is 5.19. The molecule has 3 nitrogen and oxygen atoms in total. The Morgan fingerprint density at radius 2 is 1.65 bits per heavy atom. The Morgan fingerprint density at radius 3 is 2.25 bits per heavy atom. The van der Waals surface area contributed by atoms with Crippen LogP contribution in [0.25, 0.3) is 0 Å². The summed E-state index contributed by atoms with van der Waals surface area (Å²) in [5.74, 6) is 0.922. The predicted octanol–water partition coefficient (Wildman–Crippen LogP) is 3.72. The average Bonchev–Trinajstić information content (AvgIpc) is 2.46. The lowest BCUT2D eigenvalue weighted by atomic mass is 10.1. The molecule has 2 rings (SSSR count). The van der Waals surface area contributed by atoms with Crippen LogP contribution in [0.4, 0.5) is 0 Å². The summed E-state index contributed by atoms with van der Waals surface area (Å²) < 4.78 is 5.64. The Hall–Kier alpha value is -1.87. The van der Waals surface area contributed by atoms with Crippen molar-refractivity contribution in [2.45, 2.75) is 39.5 Å². The molecule has 3 heteroatoms. The summed E-state index contributed by atoms with van der Waals surface area (Å²) >= 11 is 0. The molecule has 0 spiro atoms. The molecule has 106 valence electrons. The first kappa shape index (κ1) is 14.5. The van der Waals surface area contributed by atoms with Gasteiger partial charge in [-0.25, -0.2) is 0 Å². The summed E-state index contributed by atoms with van der Waals surface area (Å²) in [6.45, 7) is 7.06. The van der Waals surface area contributed by atoms with Gasteiger partial charge in [-0.3, -0.25) is 4.98 Å². The molecule has 0 radical (unpaired) electrons. The molecule has 1 aromatic carbocycles. The fourth-order valence-electron chi connectivity index (χ4n) is 2.00. The summed E-state index contributed by atoms with van der Waals surface area (Å²) in [5, 5.41) is 3.51. The van der Waals surface area contributed by atoms with Crippen molar-refractivity contribution in [3.63, 3.8) is 0 Å². The first-order valence-corrected chi connectivity index (χ1v) is 7.04. The van der Waals surface area contributed by atoms with Gasteiger partial charge in [0, 0.05) is 25.0 Å². The molecule has 0 saturated carbocycles. The van der Waals surface area contributed by atoms with Gasteiger partial charge in [-0.1, -0.05) is 12.1 Å². The van der Waals surface area contributed by atoms with E-state index >= 15 is 0 Å². The van der Waals surface area contributed by atoms with Crippen molar-refractivity contribution in [3.05, 3.63) is 59.9 Å². The third kappa shape index (κ3) is 4.35. The van der Waals surface area contributed by atoms with Crippen LogP contribution in [-0.2, 0) is 6.54 Å². The summed E-state index contributed by atoms with van der Waals surface area (Å²) in [6.07, 6.45) is 3.86. The number of benzene rings is 1. The lowest BCUT2D eigenvalue weighted by Gasteiger charge is -2.14. The number of aromatic nitrogens is 1. The summed E-state index contributed by atoms with van der Waals surface area (Å²) in [6, 6.07) is 12.6. The molecule has 0 saturated heterocycles. The first-order chi connectivity index (χ1) is 9.65. The zero-order valence-electron chi connectivity index (χ0n) is 12.3. The third-order valence-electron chi connectivity index (χ3n) is 3.11. The summed E-state index contributed by atoms with van der Waals surface area (Å²) in [5.41, 5.74) is 2.50. The molecule has 1 N–H and O–H groups in total. The second kappa shape index (κ2) is 7.06. The maximum atomic E-state index is 5.64. The largest absolute Gasteiger partial charge is 0.491 e. The maximum absolute atomic E-state index is 5.64. The molecule has 1 aromatic heterocycles. The van der Waals surface area contributed by atoms with Gasteiger partial charge in [-0.05, 0) is 56.2 Å². The molecular formula is C17H22N2O. The van der Waals surface area contributed by atoms with Crippen LogP contribution >= 0.6 is 0 Å². The Morgan fingerprint density at radius 1 is 1.00 bits per heavy atom. The van der Waals surface area contributed by atoms with E-state index in [9.17, 15) is 0 Å². The van der Waals surface area contributed by atoms with Crippen molar-refractivity contribution >= 4 is 0 Å². The zero-order valence-corrected chi connectivity index (χ0v) is 12.3. The third-order valence-corrected chi connectivity index (χ3v) is 3.11. The summed E-state index contributed by atoms with van der Waals surface area (Å²) in [7, 11) is 0. The maximum Gasteiger partial charge on any atom is 0.119 e. The van der Waals surface area contributed by atoms with E-state index in [4.69, 9.17) is 4.74 Å². The van der Waals surface area contributed by atoms with Crippen LogP contribution < -0.4 is 10.1 Å². The number of nitrogens with one attached hydrogen (secondary N) is 1. The predicted molar refractivity (Wildman–Crippen MR) is 81.7 cm³/mol. The van der Waals surface area contributed by atoms with Crippen LogP contribution in [0.2, 0.25) is 0 Å². The number of hydrogen-bond donors (Lipinski definition) is 1. The van der Waals surface area contributed by atoms with Crippen molar-refractivity contribution in [2.75, 3.05) is 0 Å². The number of nitrogens with zero attached hydrogens (tertiary/aromatic N) is 1. The monoisotopic (exact) mass is 270 g/mol. The van der Waals surface area contributed by atoms with Gasteiger partial charge >= 0.3 is 0 Å².